The lowest BCUT2D eigenvalue weighted by Gasteiger charge is -2.24. The van der Waals surface area contributed by atoms with Gasteiger partial charge in [0.05, 0.1) is 17.0 Å². The number of amides is 1. The molecule has 3 heterocycles. The zero-order valence-corrected chi connectivity index (χ0v) is 17.3. The molecule has 0 saturated carbocycles. The van der Waals surface area contributed by atoms with Crippen LogP contribution in [0.15, 0.2) is 63.9 Å². The van der Waals surface area contributed by atoms with E-state index in [1.165, 1.54) is 4.90 Å². The van der Waals surface area contributed by atoms with E-state index in [-0.39, 0.29) is 22.5 Å². The van der Waals surface area contributed by atoms with E-state index in [4.69, 9.17) is 4.42 Å². The normalized spacial score (nSPS) is 15.5. The Morgan fingerprint density at radius 1 is 1.00 bits per heavy atom. The summed E-state index contributed by atoms with van der Waals surface area (Å²) in [6.07, 6.45) is 1.62. The molecule has 1 N–H and O–H groups in total. The van der Waals surface area contributed by atoms with Gasteiger partial charge in [0.15, 0.2) is 5.43 Å². The summed E-state index contributed by atoms with van der Waals surface area (Å²) in [5.74, 6) is 0.0452. The van der Waals surface area contributed by atoms with Gasteiger partial charge in [0, 0.05) is 6.20 Å². The second-order valence-electron chi connectivity index (χ2n) is 7.97. The van der Waals surface area contributed by atoms with Crippen LogP contribution in [0.4, 0.5) is 5.82 Å². The summed E-state index contributed by atoms with van der Waals surface area (Å²) in [4.78, 5) is 33.0. The van der Waals surface area contributed by atoms with Crippen LogP contribution < -0.4 is 10.3 Å². The van der Waals surface area contributed by atoms with Crippen molar-refractivity contribution in [3.8, 4) is 5.75 Å². The van der Waals surface area contributed by atoms with Gasteiger partial charge >= 0.3 is 0 Å². The molecular formula is C25H20N2O4. The number of benzene rings is 2. The van der Waals surface area contributed by atoms with Crippen LogP contribution in [0.2, 0.25) is 0 Å². The van der Waals surface area contributed by atoms with Gasteiger partial charge in [-0.25, -0.2) is 4.98 Å². The lowest BCUT2D eigenvalue weighted by Crippen LogP contribution is -2.30. The number of fused-ring (bicyclic) bond motifs is 2. The number of aromatic hydroxyl groups is 1. The first-order valence-corrected chi connectivity index (χ1v) is 9.98. The molecule has 4 aromatic rings. The molecule has 0 radical (unpaired) electrons. The molecule has 5 rings (SSSR count). The Bertz CT molecular complexity index is 1440. The predicted molar refractivity (Wildman–Crippen MR) is 118 cm³/mol. The van der Waals surface area contributed by atoms with Gasteiger partial charge in [0.25, 0.3) is 5.91 Å². The minimum Gasteiger partial charge on any atom is -0.508 e. The number of rotatable bonds is 2. The van der Waals surface area contributed by atoms with Crippen molar-refractivity contribution in [2.24, 2.45) is 0 Å². The highest BCUT2D eigenvalue weighted by molar-refractivity contribution is 6.10. The molecule has 1 aliphatic heterocycles. The molecule has 1 atom stereocenters. The Morgan fingerprint density at radius 2 is 1.77 bits per heavy atom. The molecule has 1 amide bonds. The summed E-state index contributed by atoms with van der Waals surface area (Å²) in [5, 5.41) is 10.5. The summed E-state index contributed by atoms with van der Waals surface area (Å²) in [6.45, 7) is 5.77. The van der Waals surface area contributed by atoms with Crippen molar-refractivity contribution in [2.75, 3.05) is 4.90 Å². The number of phenols is 1. The number of carbonyl (C=O) groups excluding carboxylic acids is 1. The summed E-state index contributed by atoms with van der Waals surface area (Å²) in [6, 6.07) is 13.0. The van der Waals surface area contributed by atoms with Crippen LogP contribution >= 0.6 is 0 Å². The van der Waals surface area contributed by atoms with E-state index in [0.29, 0.717) is 22.4 Å². The van der Waals surface area contributed by atoms with Crippen LogP contribution in [0.5, 0.6) is 5.75 Å². The molecule has 0 aliphatic carbocycles. The first kappa shape index (κ1) is 19.1. The lowest BCUT2D eigenvalue weighted by atomic mass is 9.97. The maximum absolute atomic E-state index is 13.6. The maximum Gasteiger partial charge on any atom is 0.296 e. The molecule has 0 bridgehead atoms. The van der Waals surface area contributed by atoms with Crippen molar-refractivity contribution in [1.82, 2.24) is 4.98 Å². The molecule has 2 aromatic heterocycles. The molecule has 0 unspecified atom stereocenters. The quantitative estimate of drug-likeness (QED) is 0.521. The molecule has 0 fully saturated rings. The highest BCUT2D eigenvalue weighted by atomic mass is 16.3. The fourth-order valence-corrected chi connectivity index (χ4v) is 4.13. The van der Waals surface area contributed by atoms with Crippen molar-refractivity contribution in [2.45, 2.75) is 26.8 Å². The molecule has 6 nitrogen and oxygen atoms in total. The van der Waals surface area contributed by atoms with E-state index >= 15 is 0 Å². The Balaban J connectivity index is 1.85. The largest absolute Gasteiger partial charge is 0.508 e. The van der Waals surface area contributed by atoms with Crippen LogP contribution in [0, 0.1) is 20.8 Å². The predicted octanol–water partition coefficient (Wildman–Crippen LogP) is 4.57. The van der Waals surface area contributed by atoms with Crippen molar-refractivity contribution in [1.29, 1.82) is 0 Å². The van der Waals surface area contributed by atoms with Crippen LogP contribution in [0.1, 0.15) is 44.4 Å². The van der Waals surface area contributed by atoms with Crippen LogP contribution in [-0.4, -0.2) is 16.0 Å². The Kier molecular flexibility index (Phi) is 4.18. The van der Waals surface area contributed by atoms with Crippen molar-refractivity contribution >= 4 is 22.7 Å². The number of aryl methyl sites for hydroxylation is 3. The number of aromatic nitrogens is 1. The number of hydrogen-bond acceptors (Lipinski definition) is 5. The smallest absolute Gasteiger partial charge is 0.296 e. The first-order chi connectivity index (χ1) is 14.8. The third-order valence-corrected chi connectivity index (χ3v) is 5.82. The minimum atomic E-state index is -0.758. The van der Waals surface area contributed by atoms with Crippen LogP contribution in [0.3, 0.4) is 0 Å². The number of carbonyl (C=O) groups is 1. The fraction of sp³-hybridized carbons (Fsp3) is 0.160. The van der Waals surface area contributed by atoms with E-state index in [2.05, 4.69) is 4.98 Å². The van der Waals surface area contributed by atoms with Crippen molar-refractivity contribution in [3.63, 3.8) is 0 Å². The van der Waals surface area contributed by atoms with Crippen LogP contribution in [0.25, 0.3) is 11.0 Å². The molecule has 6 heteroatoms. The van der Waals surface area contributed by atoms with Gasteiger partial charge in [-0.2, -0.15) is 0 Å². The second-order valence-corrected chi connectivity index (χ2v) is 7.97. The van der Waals surface area contributed by atoms with Gasteiger partial charge in [-0.1, -0.05) is 12.1 Å². The van der Waals surface area contributed by atoms with Gasteiger partial charge in [-0.05, 0) is 79.4 Å². The van der Waals surface area contributed by atoms with Gasteiger partial charge in [0.2, 0.25) is 5.76 Å². The summed E-state index contributed by atoms with van der Waals surface area (Å²) in [5.41, 5.74) is 3.86. The average Bonchev–Trinajstić information content (AvgIpc) is 3.02. The second kappa shape index (κ2) is 6.80. The molecule has 31 heavy (non-hydrogen) atoms. The zero-order valence-electron chi connectivity index (χ0n) is 17.3. The van der Waals surface area contributed by atoms with E-state index < -0.39 is 11.9 Å². The number of anilines is 1. The zero-order chi connectivity index (χ0) is 21.9. The summed E-state index contributed by atoms with van der Waals surface area (Å²) < 4.78 is 6.02. The number of hydrogen-bond donors (Lipinski definition) is 1. The van der Waals surface area contributed by atoms with Crippen molar-refractivity contribution in [3.05, 3.63) is 98.5 Å². The van der Waals surface area contributed by atoms with Crippen molar-refractivity contribution < 1.29 is 14.3 Å². The fourth-order valence-electron chi connectivity index (χ4n) is 4.13. The minimum absolute atomic E-state index is 0.0115. The highest BCUT2D eigenvalue weighted by Gasteiger charge is 2.44. The summed E-state index contributed by atoms with van der Waals surface area (Å²) in [7, 11) is 0. The Morgan fingerprint density at radius 3 is 2.52 bits per heavy atom. The van der Waals surface area contributed by atoms with E-state index in [1.54, 1.807) is 48.7 Å². The molecular weight excluding hydrogens is 392 g/mol. The average molecular weight is 412 g/mol. The number of nitrogens with zero attached hydrogens (tertiary/aromatic N) is 2. The third kappa shape index (κ3) is 2.91. The third-order valence-electron chi connectivity index (χ3n) is 5.82. The summed E-state index contributed by atoms with van der Waals surface area (Å²) >= 11 is 0. The Labute approximate surface area is 178 Å². The molecule has 154 valence electrons. The van der Waals surface area contributed by atoms with Gasteiger partial charge < -0.3 is 9.52 Å². The topological polar surface area (TPSA) is 83.6 Å². The Hall–Kier alpha value is -3.93. The first-order valence-electron chi connectivity index (χ1n) is 9.98. The monoisotopic (exact) mass is 412 g/mol. The SMILES string of the molecule is Cc1ccnc(N2C(=O)c3oc4cc(C)c(C)cc4c(=O)c3[C@@H]2c2cccc(O)c2)c1. The van der Waals surface area contributed by atoms with E-state index in [0.717, 1.165) is 16.7 Å². The standard InChI is InChI=1S/C25H20N2O4/c1-13-7-8-26-20(9-13)27-22(16-5-4-6-17(28)12-16)21-23(29)18-10-14(2)15(3)11-19(18)31-24(21)25(27)30/h4-12,22,28H,1-3H3/t22-/m0/s1. The molecule has 0 spiro atoms. The van der Waals surface area contributed by atoms with Gasteiger partial charge in [-0.15, -0.1) is 0 Å². The van der Waals surface area contributed by atoms with E-state index in [9.17, 15) is 14.7 Å². The number of pyridine rings is 1. The molecule has 1 aliphatic rings. The van der Waals surface area contributed by atoms with Gasteiger partial charge in [-0.3, -0.25) is 14.5 Å². The lowest BCUT2D eigenvalue weighted by molar-refractivity contribution is 0.0970. The molecule has 0 saturated heterocycles. The van der Waals surface area contributed by atoms with Gasteiger partial charge in [0.1, 0.15) is 17.2 Å². The number of phenolic OH excluding ortho intramolecular Hbond substituents is 1. The maximum atomic E-state index is 13.6. The molecule has 2 aromatic carbocycles. The highest BCUT2D eigenvalue weighted by Crippen LogP contribution is 2.41. The van der Waals surface area contributed by atoms with Crippen LogP contribution in [-0.2, 0) is 0 Å². The van der Waals surface area contributed by atoms with E-state index in [1.807, 2.05) is 26.8 Å².